The molecule has 1 N–H and O–H groups in total. The van der Waals surface area contributed by atoms with Crippen molar-refractivity contribution in [2.75, 3.05) is 16.2 Å². The number of nitrogens with zero attached hydrogens (tertiary/aromatic N) is 2. The number of ether oxygens (including phenoxy) is 1. The summed E-state index contributed by atoms with van der Waals surface area (Å²) < 4.78 is 33.5. The van der Waals surface area contributed by atoms with Crippen molar-refractivity contribution in [3.05, 3.63) is 65.7 Å². The summed E-state index contributed by atoms with van der Waals surface area (Å²) in [5.41, 5.74) is 1.76. The van der Waals surface area contributed by atoms with Gasteiger partial charge >= 0.3 is 0 Å². The van der Waals surface area contributed by atoms with Gasteiger partial charge in [0.05, 0.1) is 4.90 Å². The normalized spacial score (nSPS) is 16.9. The summed E-state index contributed by atoms with van der Waals surface area (Å²) in [4.78, 5) is 18.6. The molecule has 0 saturated carbocycles. The van der Waals surface area contributed by atoms with Gasteiger partial charge in [0, 0.05) is 31.7 Å². The third-order valence-electron chi connectivity index (χ3n) is 5.25. The summed E-state index contributed by atoms with van der Waals surface area (Å²) in [6.07, 6.45) is 1.52. The lowest BCUT2D eigenvalue weighted by Gasteiger charge is -2.21. The number of rotatable bonds is 6. The monoisotopic (exact) mass is 473 g/mol. The number of amides is 1. The number of aromatic nitrogens is 1. The van der Waals surface area contributed by atoms with E-state index in [0.29, 0.717) is 29.5 Å². The Hall–Kier alpha value is -2.91. The van der Waals surface area contributed by atoms with Gasteiger partial charge in [0.25, 0.3) is 15.9 Å². The molecule has 1 aliphatic rings. The number of nitrogens with one attached hydrogen (secondary N) is 1. The molecule has 2 heterocycles. The van der Waals surface area contributed by atoms with Crippen molar-refractivity contribution >= 4 is 38.1 Å². The number of hydrogen-bond donors (Lipinski definition) is 1. The first-order valence-electron chi connectivity index (χ1n) is 10.2. The topological polar surface area (TPSA) is 88.6 Å². The van der Waals surface area contributed by atoms with Crippen molar-refractivity contribution in [2.45, 2.75) is 43.6 Å². The minimum Gasteiger partial charge on any atom is -0.481 e. The van der Waals surface area contributed by atoms with E-state index >= 15 is 0 Å². The first-order valence-corrected chi connectivity index (χ1v) is 12.6. The Bertz CT molecular complexity index is 1210. The summed E-state index contributed by atoms with van der Waals surface area (Å²) >= 11 is 1.20. The molecule has 9 heteroatoms. The highest BCUT2D eigenvalue weighted by Gasteiger charge is 2.34. The van der Waals surface area contributed by atoms with Gasteiger partial charge < -0.3 is 9.64 Å². The molecule has 0 spiro atoms. The highest BCUT2D eigenvalue weighted by Crippen LogP contribution is 2.29. The zero-order chi connectivity index (χ0) is 22.9. The van der Waals surface area contributed by atoms with E-state index in [1.165, 1.54) is 29.7 Å². The molecule has 7 nitrogen and oxygen atoms in total. The molecule has 1 aromatic heterocycles. The fourth-order valence-corrected chi connectivity index (χ4v) is 5.26. The molecule has 1 fully saturated rings. The molecule has 170 valence electrons. The highest BCUT2D eigenvalue weighted by molar-refractivity contribution is 7.93. The van der Waals surface area contributed by atoms with Crippen LogP contribution in [0.5, 0.6) is 5.75 Å². The van der Waals surface area contributed by atoms with Gasteiger partial charge in [-0.1, -0.05) is 32.9 Å². The van der Waals surface area contributed by atoms with E-state index in [9.17, 15) is 13.2 Å². The van der Waals surface area contributed by atoms with E-state index in [-0.39, 0.29) is 17.6 Å². The van der Waals surface area contributed by atoms with Gasteiger partial charge in [-0.15, -0.1) is 11.3 Å². The summed E-state index contributed by atoms with van der Waals surface area (Å²) in [6, 6.07) is 14.1. The Morgan fingerprint density at radius 2 is 1.94 bits per heavy atom. The zero-order valence-electron chi connectivity index (χ0n) is 18.1. The molecule has 1 unspecified atom stereocenters. The van der Waals surface area contributed by atoms with Crippen LogP contribution in [0.2, 0.25) is 0 Å². The highest BCUT2D eigenvalue weighted by atomic mass is 32.2. The SMILES string of the molecule is CC(C)(C)c1cccc(OC2CCN(c3ccc(S(=O)(=O)Nc4nccs4)cc3)C2=O)c1.[HH]. The number of sulfonamides is 1. The van der Waals surface area contributed by atoms with Crippen LogP contribution >= 0.6 is 11.3 Å². The number of carbonyl (C=O) groups is 1. The molecule has 1 amide bonds. The summed E-state index contributed by atoms with van der Waals surface area (Å²) in [7, 11) is -3.73. The lowest BCUT2D eigenvalue weighted by atomic mass is 9.87. The summed E-state index contributed by atoms with van der Waals surface area (Å²) in [5.74, 6) is 0.537. The first kappa shape index (κ1) is 22.3. The smallest absolute Gasteiger partial charge is 0.268 e. The van der Waals surface area contributed by atoms with Gasteiger partial charge in [-0.3, -0.25) is 9.52 Å². The number of benzene rings is 2. The molecule has 2 aromatic carbocycles. The molecule has 1 aliphatic heterocycles. The van der Waals surface area contributed by atoms with Crippen LogP contribution in [0, 0.1) is 0 Å². The Balaban J connectivity index is 0.00000306. The molecule has 1 atom stereocenters. The molecule has 0 aliphatic carbocycles. The van der Waals surface area contributed by atoms with E-state index < -0.39 is 16.1 Å². The van der Waals surface area contributed by atoms with Gasteiger partial charge in [0.15, 0.2) is 11.2 Å². The molecule has 0 bridgehead atoms. The van der Waals surface area contributed by atoms with Crippen molar-refractivity contribution in [3.63, 3.8) is 0 Å². The van der Waals surface area contributed by atoms with E-state index in [1.54, 1.807) is 22.4 Å². The standard InChI is InChI=1S/C23H25N3O4S2.H2/c1-23(2,3)16-5-4-6-18(15-16)30-20-11-13-26(21(20)27)17-7-9-19(10-8-17)32(28,29)25-22-24-12-14-31-22;/h4-10,12,14-15,20H,11,13H2,1-3H3,(H,24,25);1H. The van der Waals surface area contributed by atoms with Gasteiger partial charge in [0.2, 0.25) is 0 Å². The quantitative estimate of drug-likeness (QED) is 0.562. The van der Waals surface area contributed by atoms with E-state index in [4.69, 9.17) is 4.74 Å². The second-order valence-corrected chi connectivity index (χ2v) is 11.2. The molecule has 32 heavy (non-hydrogen) atoms. The van der Waals surface area contributed by atoms with Gasteiger partial charge in [-0.05, 0) is 47.4 Å². The third kappa shape index (κ3) is 4.78. The molecule has 1 saturated heterocycles. The van der Waals surface area contributed by atoms with E-state index in [2.05, 4.69) is 36.5 Å². The van der Waals surface area contributed by atoms with Gasteiger partial charge in [0.1, 0.15) is 5.75 Å². The largest absolute Gasteiger partial charge is 0.481 e. The average molecular weight is 474 g/mol. The fourth-order valence-electron chi connectivity index (χ4n) is 3.47. The second-order valence-electron chi connectivity index (χ2n) is 8.60. The number of carbonyl (C=O) groups excluding carboxylic acids is 1. The van der Waals surface area contributed by atoms with E-state index in [1.807, 2.05) is 18.2 Å². The predicted octanol–water partition coefficient (Wildman–Crippen LogP) is 4.67. The van der Waals surface area contributed by atoms with Crippen molar-refractivity contribution in [1.29, 1.82) is 0 Å². The fraction of sp³-hybridized carbons (Fsp3) is 0.304. The lowest BCUT2D eigenvalue weighted by Crippen LogP contribution is -2.32. The van der Waals surface area contributed by atoms with Gasteiger partial charge in [-0.2, -0.15) is 0 Å². The van der Waals surface area contributed by atoms with Crippen LogP contribution in [0.25, 0.3) is 0 Å². The molecular weight excluding hydrogens is 446 g/mol. The Kier molecular flexibility index (Phi) is 5.96. The van der Waals surface area contributed by atoms with Crippen LogP contribution in [0.4, 0.5) is 10.8 Å². The van der Waals surface area contributed by atoms with Crippen LogP contribution in [0.15, 0.2) is 65.0 Å². The zero-order valence-corrected chi connectivity index (χ0v) is 19.7. The van der Waals surface area contributed by atoms with Crippen LogP contribution in [0.1, 0.15) is 34.2 Å². The minimum atomic E-state index is -3.73. The van der Waals surface area contributed by atoms with Crippen LogP contribution in [0.3, 0.4) is 0 Å². The lowest BCUT2D eigenvalue weighted by molar-refractivity contribution is -0.122. The molecular formula is C23H27N3O4S2. The number of anilines is 2. The van der Waals surface area contributed by atoms with Crippen LogP contribution < -0.4 is 14.4 Å². The first-order chi connectivity index (χ1) is 15.1. The number of hydrogen-bond acceptors (Lipinski definition) is 6. The van der Waals surface area contributed by atoms with Crippen molar-refractivity contribution in [1.82, 2.24) is 4.98 Å². The average Bonchev–Trinajstić information content (AvgIpc) is 3.37. The Morgan fingerprint density at radius 3 is 2.59 bits per heavy atom. The summed E-state index contributed by atoms with van der Waals surface area (Å²) in [6.45, 7) is 6.90. The molecule has 0 radical (unpaired) electrons. The maximum absolute atomic E-state index is 12.9. The second kappa shape index (κ2) is 8.55. The predicted molar refractivity (Wildman–Crippen MR) is 128 cm³/mol. The van der Waals surface area contributed by atoms with Crippen molar-refractivity contribution in [3.8, 4) is 5.75 Å². The van der Waals surface area contributed by atoms with Crippen LogP contribution in [-0.2, 0) is 20.2 Å². The van der Waals surface area contributed by atoms with Crippen molar-refractivity contribution < 1.29 is 19.4 Å². The maximum atomic E-state index is 12.9. The molecule has 4 rings (SSSR count). The molecule has 3 aromatic rings. The minimum absolute atomic E-state index is 0. The Labute approximate surface area is 193 Å². The van der Waals surface area contributed by atoms with Gasteiger partial charge in [-0.25, -0.2) is 13.4 Å². The van der Waals surface area contributed by atoms with Crippen molar-refractivity contribution in [2.24, 2.45) is 0 Å². The number of thiazole rings is 1. The third-order valence-corrected chi connectivity index (χ3v) is 7.42. The Morgan fingerprint density at radius 1 is 1.19 bits per heavy atom. The summed E-state index contributed by atoms with van der Waals surface area (Å²) in [5, 5.41) is 2.00. The van der Waals surface area contributed by atoms with Crippen LogP contribution in [-0.4, -0.2) is 32.0 Å². The maximum Gasteiger partial charge on any atom is 0.268 e. The van der Waals surface area contributed by atoms with E-state index in [0.717, 1.165) is 5.56 Å².